The topological polar surface area (TPSA) is 208 Å². The molecule has 0 aliphatic carbocycles. The number of nitrogens with two attached hydrogens (primary N) is 2. The van der Waals surface area contributed by atoms with Gasteiger partial charge in [-0.2, -0.15) is 0 Å². The summed E-state index contributed by atoms with van der Waals surface area (Å²) in [5, 5.41) is 45.1. The Hall–Kier alpha value is -2.57. The molecule has 0 bridgehead atoms. The zero-order valence-electron chi connectivity index (χ0n) is 18.2. The van der Waals surface area contributed by atoms with E-state index in [2.05, 4.69) is 10.6 Å². The molecule has 0 saturated heterocycles. The molecule has 10 N–H and O–H groups in total. The lowest BCUT2D eigenvalue weighted by atomic mass is 9.98. The van der Waals surface area contributed by atoms with Crippen LogP contribution in [0.3, 0.4) is 0 Å². The van der Waals surface area contributed by atoms with Gasteiger partial charge >= 0.3 is 0 Å². The van der Waals surface area contributed by atoms with Crippen molar-refractivity contribution in [2.75, 3.05) is 6.61 Å². The molecule has 0 radical (unpaired) electrons. The first-order valence-electron chi connectivity index (χ1n) is 10.3. The number of amides is 3. The summed E-state index contributed by atoms with van der Waals surface area (Å²) in [6.07, 6.45) is -5.97. The van der Waals surface area contributed by atoms with Crippen LogP contribution in [-0.4, -0.2) is 75.2 Å². The van der Waals surface area contributed by atoms with Crippen LogP contribution in [0.2, 0.25) is 0 Å². The third-order valence-corrected chi connectivity index (χ3v) is 4.86. The number of rotatable bonds is 13. The Kier molecular flexibility index (Phi) is 11.2. The summed E-state index contributed by atoms with van der Waals surface area (Å²) < 4.78 is 0. The molecule has 1 aromatic carbocycles. The van der Waals surface area contributed by atoms with Crippen LogP contribution >= 0.6 is 0 Å². The lowest BCUT2D eigenvalue weighted by Crippen LogP contribution is -2.58. The zero-order chi connectivity index (χ0) is 24.4. The third-order valence-electron chi connectivity index (χ3n) is 4.86. The Morgan fingerprint density at radius 1 is 0.969 bits per heavy atom. The summed E-state index contributed by atoms with van der Waals surface area (Å²) in [6.45, 7) is 2.96. The molecule has 1 rings (SSSR count). The molecule has 32 heavy (non-hydrogen) atoms. The molecule has 0 aliphatic rings. The first kappa shape index (κ1) is 27.5. The standard InChI is InChI=1S/C21H34N4O7/c1-11(2)8-13(22)20(31)25-15(10-26)17(28)18(29)19(30)21(32)24-14(9-16(23)27)12-6-4-3-5-7-12/h3-7,11,13-15,17-19,26,28-30H,8-10,22H2,1-2H3,(H2,23,27)(H,24,32)(H,25,31). The van der Waals surface area contributed by atoms with Crippen molar-refractivity contribution < 1.29 is 34.8 Å². The van der Waals surface area contributed by atoms with Gasteiger partial charge in [-0.3, -0.25) is 14.4 Å². The first-order chi connectivity index (χ1) is 15.0. The van der Waals surface area contributed by atoms with Gasteiger partial charge in [0.1, 0.15) is 12.2 Å². The summed E-state index contributed by atoms with van der Waals surface area (Å²) >= 11 is 0. The fourth-order valence-electron chi connectivity index (χ4n) is 3.12. The van der Waals surface area contributed by atoms with Gasteiger partial charge in [-0.15, -0.1) is 0 Å². The molecule has 0 spiro atoms. The molecule has 180 valence electrons. The maximum atomic E-state index is 12.5. The SMILES string of the molecule is CC(C)CC(N)C(=O)NC(CO)C(O)C(O)C(O)C(=O)NC(CC(N)=O)c1ccccc1. The Labute approximate surface area is 186 Å². The van der Waals surface area contributed by atoms with Gasteiger partial charge in [-0.05, 0) is 17.9 Å². The van der Waals surface area contributed by atoms with Crippen molar-refractivity contribution in [1.29, 1.82) is 0 Å². The van der Waals surface area contributed by atoms with E-state index in [1.165, 1.54) is 0 Å². The average molecular weight is 455 g/mol. The van der Waals surface area contributed by atoms with Crippen LogP contribution in [0.25, 0.3) is 0 Å². The number of primary amides is 1. The zero-order valence-corrected chi connectivity index (χ0v) is 18.2. The van der Waals surface area contributed by atoms with Gasteiger partial charge in [0.25, 0.3) is 5.91 Å². The Bertz CT molecular complexity index is 747. The molecular formula is C21H34N4O7. The summed E-state index contributed by atoms with van der Waals surface area (Å²) in [5.74, 6) is -2.31. The summed E-state index contributed by atoms with van der Waals surface area (Å²) in [6, 6.07) is 5.23. The maximum Gasteiger partial charge on any atom is 0.252 e. The molecule has 6 atom stereocenters. The minimum Gasteiger partial charge on any atom is -0.394 e. The molecular weight excluding hydrogens is 420 g/mol. The van der Waals surface area contributed by atoms with Crippen LogP contribution in [0.5, 0.6) is 0 Å². The van der Waals surface area contributed by atoms with E-state index in [1.54, 1.807) is 30.3 Å². The van der Waals surface area contributed by atoms with Gasteiger partial charge in [0, 0.05) is 0 Å². The minimum atomic E-state index is -2.13. The average Bonchev–Trinajstić information content (AvgIpc) is 2.74. The van der Waals surface area contributed by atoms with Crippen LogP contribution in [0, 0.1) is 5.92 Å². The predicted molar refractivity (Wildman–Crippen MR) is 116 cm³/mol. The van der Waals surface area contributed by atoms with Crippen LogP contribution < -0.4 is 22.1 Å². The van der Waals surface area contributed by atoms with E-state index in [1.807, 2.05) is 13.8 Å². The summed E-state index contributed by atoms with van der Waals surface area (Å²) in [5.41, 5.74) is 11.5. The highest BCUT2D eigenvalue weighted by molar-refractivity contribution is 5.83. The first-order valence-corrected chi connectivity index (χ1v) is 10.3. The van der Waals surface area contributed by atoms with Crippen molar-refractivity contribution in [2.45, 2.75) is 63.1 Å². The van der Waals surface area contributed by atoms with E-state index in [-0.39, 0.29) is 12.3 Å². The molecule has 3 amide bonds. The van der Waals surface area contributed by atoms with Crippen molar-refractivity contribution in [3.8, 4) is 0 Å². The normalized spacial score (nSPS) is 17.0. The second-order valence-electron chi connectivity index (χ2n) is 8.10. The molecule has 1 aromatic rings. The smallest absolute Gasteiger partial charge is 0.252 e. The van der Waals surface area contributed by atoms with E-state index < -0.39 is 60.8 Å². The van der Waals surface area contributed by atoms with Crippen LogP contribution in [0.1, 0.15) is 38.3 Å². The maximum absolute atomic E-state index is 12.5. The molecule has 11 nitrogen and oxygen atoms in total. The molecule has 0 heterocycles. The number of aliphatic hydroxyl groups excluding tert-OH is 4. The highest BCUT2D eigenvalue weighted by atomic mass is 16.4. The number of nitrogens with one attached hydrogen (secondary N) is 2. The van der Waals surface area contributed by atoms with E-state index >= 15 is 0 Å². The number of benzene rings is 1. The highest BCUT2D eigenvalue weighted by Crippen LogP contribution is 2.17. The lowest BCUT2D eigenvalue weighted by Gasteiger charge is -2.30. The van der Waals surface area contributed by atoms with Crippen molar-refractivity contribution in [3.63, 3.8) is 0 Å². The lowest BCUT2D eigenvalue weighted by molar-refractivity contribution is -0.144. The van der Waals surface area contributed by atoms with Gasteiger partial charge in [0.2, 0.25) is 11.8 Å². The van der Waals surface area contributed by atoms with Gasteiger partial charge in [0.15, 0.2) is 6.10 Å². The Morgan fingerprint density at radius 3 is 2.06 bits per heavy atom. The second-order valence-corrected chi connectivity index (χ2v) is 8.10. The van der Waals surface area contributed by atoms with Crippen molar-refractivity contribution in [1.82, 2.24) is 10.6 Å². The van der Waals surface area contributed by atoms with E-state index in [9.17, 15) is 34.8 Å². The molecule has 0 aromatic heterocycles. The fourth-order valence-corrected chi connectivity index (χ4v) is 3.12. The van der Waals surface area contributed by atoms with E-state index in [0.29, 0.717) is 12.0 Å². The van der Waals surface area contributed by atoms with Gasteiger partial charge in [0.05, 0.1) is 31.2 Å². The minimum absolute atomic E-state index is 0.127. The van der Waals surface area contributed by atoms with Crippen LogP contribution in [0.4, 0.5) is 0 Å². The number of carbonyl (C=O) groups excluding carboxylic acids is 3. The fraction of sp³-hybridized carbons (Fsp3) is 0.571. The largest absolute Gasteiger partial charge is 0.394 e. The molecule has 11 heteroatoms. The number of carbonyl (C=O) groups is 3. The Balaban J connectivity index is 2.83. The van der Waals surface area contributed by atoms with Crippen molar-refractivity contribution >= 4 is 17.7 Å². The van der Waals surface area contributed by atoms with Crippen LogP contribution in [0.15, 0.2) is 30.3 Å². The van der Waals surface area contributed by atoms with Gasteiger partial charge in [-0.25, -0.2) is 0 Å². The van der Waals surface area contributed by atoms with Gasteiger partial charge in [-0.1, -0.05) is 44.2 Å². The van der Waals surface area contributed by atoms with Crippen molar-refractivity contribution in [3.05, 3.63) is 35.9 Å². The van der Waals surface area contributed by atoms with E-state index in [4.69, 9.17) is 11.5 Å². The van der Waals surface area contributed by atoms with Crippen molar-refractivity contribution in [2.24, 2.45) is 17.4 Å². The summed E-state index contributed by atoms with van der Waals surface area (Å²) in [4.78, 5) is 36.0. The van der Waals surface area contributed by atoms with E-state index in [0.717, 1.165) is 0 Å². The molecule has 0 aliphatic heterocycles. The Morgan fingerprint density at radius 2 is 1.56 bits per heavy atom. The molecule has 0 saturated carbocycles. The predicted octanol–water partition coefficient (Wildman–Crippen LogP) is -2.35. The quantitative estimate of drug-likeness (QED) is 0.161. The number of aliphatic hydroxyl groups is 4. The van der Waals surface area contributed by atoms with Gasteiger partial charge < -0.3 is 42.5 Å². The number of hydrogen-bond acceptors (Lipinski definition) is 8. The summed E-state index contributed by atoms with van der Waals surface area (Å²) in [7, 11) is 0. The molecule has 0 fully saturated rings. The molecule has 6 unspecified atom stereocenters. The number of hydrogen-bond donors (Lipinski definition) is 8. The monoisotopic (exact) mass is 454 g/mol. The highest BCUT2D eigenvalue weighted by Gasteiger charge is 2.37. The van der Waals surface area contributed by atoms with Crippen LogP contribution in [-0.2, 0) is 14.4 Å². The third kappa shape index (κ3) is 8.52. The second kappa shape index (κ2) is 13.1.